The van der Waals surface area contributed by atoms with E-state index in [0.29, 0.717) is 19.0 Å². The highest BCUT2D eigenvalue weighted by atomic mass is 16.5. The van der Waals surface area contributed by atoms with Crippen LogP contribution in [0.1, 0.15) is 44.5 Å². The van der Waals surface area contributed by atoms with Crippen molar-refractivity contribution >= 4 is 5.91 Å². The van der Waals surface area contributed by atoms with Crippen molar-refractivity contribution in [2.24, 2.45) is 0 Å². The van der Waals surface area contributed by atoms with E-state index in [9.17, 15) is 4.79 Å². The molecule has 0 aromatic carbocycles. The number of hydrogen-bond acceptors (Lipinski definition) is 5. The number of nitrogens with one attached hydrogen (secondary N) is 1. The van der Waals surface area contributed by atoms with Gasteiger partial charge in [-0.25, -0.2) is 4.98 Å². The molecule has 0 saturated carbocycles. The molecular weight excluding hydrogens is 284 g/mol. The van der Waals surface area contributed by atoms with Gasteiger partial charge in [-0.3, -0.25) is 9.89 Å². The van der Waals surface area contributed by atoms with Crippen LogP contribution in [0.4, 0.5) is 0 Å². The summed E-state index contributed by atoms with van der Waals surface area (Å²) in [6.07, 6.45) is 4.63. The summed E-state index contributed by atoms with van der Waals surface area (Å²) in [5, 5.41) is 6.78. The van der Waals surface area contributed by atoms with E-state index in [1.165, 1.54) is 6.33 Å². The van der Waals surface area contributed by atoms with Crippen LogP contribution in [0.25, 0.3) is 0 Å². The highest BCUT2D eigenvalue weighted by molar-refractivity contribution is 5.94. The topological polar surface area (TPSA) is 80.3 Å². The molecule has 1 aromatic rings. The number of allylic oxidation sites excluding steroid dienone is 1. The van der Waals surface area contributed by atoms with E-state index in [1.54, 1.807) is 7.11 Å². The number of H-pyrrole nitrogens is 1. The van der Waals surface area contributed by atoms with Crippen LogP contribution >= 0.6 is 0 Å². The average Bonchev–Trinajstić information content (AvgIpc) is 3.22. The van der Waals surface area contributed by atoms with Crippen molar-refractivity contribution in [3.63, 3.8) is 0 Å². The fourth-order valence-electron chi connectivity index (χ4n) is 3.21. The SMILES string of the molecule is CCC1=C(C(=O)N2C[C@H](OC)C[C@H]2c2ncn[nH]2)CCCO1. The van der Waals surface area contributed by atoms with E-state index in [2.05, 4.69) is 15.2 Å². The number of rotatable bonds is 4. The molecule has 1 N–H and O–H groups in total. The lowest BCUT2D eigenvalue weighted by atomic mass is 10.0. The highest BCUT2D eigenvalue weighted by Gasteiger charge is 2.39. The molecule has 1 saturated heterocycles. The van der Waals surface area contributed by atoms with Gasteiger partial charge in [0.1, 0.15) is 17.9 Å². The molecule has 2 atom stereocenters. The second-order valence-corrected chi connectivity index (χ2v) is 5.64. The molecule has 120 valence electrons. The van der Waals surface area contributed by atoms with Gasteiger partial charge in [0.25, 0.3) is 5.91 Å². The maximum absolute atomic E-state index is 13.0. The molecule has 0 unspecified atom stereocenters. The summed E-state index contributed by atoms with van der Waals surface area (Å²) in [5.74, 6) is 1.58. The maximum atomic E-state index is 13.0. The lowest BCUT2D eigenvalue weighted by Crippen LogP contribution is -2.35. The standard InChI is InChI=1S/C15H22N4O3/c1-3-13-11(5-4-6-22-13)15(20)19-8-10(21-2)7-12(19)14-16-9-17-18-14/h9-10,12H,3-8H2,1-2H3,(H,16,17,18)/t10-,12+/m1/s1. The van der Waals surface area contributed by atoms with Gasteiger partial charge in [-0.1, -0.05) is 6.92 Å². The van der Waals surface area contributed by atoms with Gasteiger partial charge >= 0.3 is 0 Å². The van der Waals surface area contributed by atoms with E-state index >= 15 is 0 Å². The molecule has 22 heavy (non-hydrogen) atoms. The minimum Gasteiger partial charge on any atom is -0.497 e. The second-order valence-electron chi connectivity index (χ2n) is 5.64. The van der Waals surface area contributed by atoms with Gasteiger partial charge in [-0.05, 0) is 12.8 Å². The van der Waals surface area contributed by atoms with E-state index in [1.807, 2.05) is 11.8 Å². The van der Waals surface area contributed by atoms with Gasteiger partial charge in [-0.2, -0.15) is 5.10 Å². The number of methoxy groups -OCH3 is 1. The Labute approximate surface area is 129 Å². The molecule has 0 spiro atoms. The minimum absolute atomic E-state index is 0.0224. The zero-order valence-electron chi connectivity index (χ0n) is 13.0. The van der Waals surface area contributed by atoms with Crippen molar-refractivity contribution in [3.05, 3.63) is 23.5 Å². The third-order valence-corrected chi connectivity index (χ3v) is 4.37. The number of carbonyl (C=O) groups is 1. The summed E-state index contributed by atoms with van der Waals surface area (Å²) in [5.41, 5.74) is 0.801. The molecule has 3 rings (SSSR count). The highest BCUT2D eigenvalue weighted by Crippen LogP contribution is 2.34. The Morgan fingerprint density at radius 3 is 3.14 bits per heavy atom. The van der Waals surface area contributed by atoms with Crippen LogP contribution in [0.3, 0.4) is 0 Å². The van der Waals surface area contributed by atoms with Gasteiger partial charge in [-0.15, -0.1) is 0 Å². The summed E-state index contributed by atoms with van der Waals surface area (Å²) in [7, 11) is 1.68. The van der Waals surface area contributed by atoms with E-state index in [-0.39, 0.29) is 18.1 Å². The molecule has 2 aliphatic rings. The molecule has 0 bridgehead atoms. The van der Waals surface area contributed by atoms with Crippen LogP contribution in [-0.4, -0.2) is 52.4 Å². The Bertz CT molecular complexity index is 555. The lowest BCUT2D eigenvalue weighted by Gasteiger charge is -2.27. The number of carbonyl (C=O) groups excluding carboxylic acids is 1. The Morgan fingerprint density at radius 1 is 1.59 bits per heavy atom. The predicted molar refractivity (Wildman–Crippen MR) is 78.8 cm³/mol. The second kappa shape index (κ2) is 6.48. The molecule has 7 heteroatoms. The van der Waals surface area contributed by atoms with Crippen LogP contribution in [-0.2, 0) is 14.3 Å². The van der Waals surface area contributed by atoms with Crippen molar-refractivity contribution in [1.82, 2.24) is 20.1 Å². The van der Waals surface area contributed by atoms with Crippen molar-refractivity contribution in [1.29, 1.82) is 0 Å². The fraction of sp³-hybridized carbons (Fsp3) is 0.667. The van der Waals surface area contributed by atoms with Crippen LogP contribution in [0.2, 0.25) is 0 Å². The first-order valence-electron chi connectivity index (χ1n) is 7.78. The van der Waals surface area contributed by atoms with E-state index in [4.69, 9.17) is 9.47 Å². The maximum Gasteiger partial charge on any atom is 0.253 e. The van der Waals surface area contributed by atoms with Gasteiger partial charge in [0.15, 0.2) is 0 Å². The number of amides is 1. The summed E-state index contributed by atoms with van der Waals surface area (Å²) >= 11 is 0. The number of ether oxygens (including phenoxy) is 2. The number of aromatic amines is 1. The summed E-state index contributed by atoms with van der Waals surface area (Å²) in [4.78, 5) is 19.1. The van der Waals surface area contributed by atoms with Gasteiger partial charge in [0, 0.05) is 26.5 Å². The molecule has 0 radical (unpaired) electrons. The Morgan fingerprint density at radius 2 is 2.45 bits per heavy atom. The first kappa shape index (κ1) is 15.0. The summed E-state index contributed by atoms with van der Waals surface area (Å²) < 4.78 is 11.1. The molecule has 1 fully saturated rings. The zero-order chi connectivity index (χ0) is 15.5. The van der Waals surface area contributed by atoms with E-state index < -0.39 is 0 Å². The van der Waals surface area contributed by atoms with Crippen molar-refractivity contribution < 1.29 is 14.3 Å². The average molecular weight is 306 g/mol. The monoisotopic (exact) mass is 306 g/mol. The summed E-state index contributed by atoms with van der Waals surface area (Å²) in [6.45, 7) is 3.29. The van der Waals surface area contributed by atoms with Gasteiger partial charge in [0.05, 0.1) is 24.3 Å². The molecule has 3 heterocycles. The Kier molecular flexibility index (Phi) is 4.42. The van der Waals surface area contributed by atoms with E-state index in [0.717, 1.165) is 37.0 Å². The van der Waals surface area contributed by atoms with Crippen molar-refractivity contribution in [2.75, 3.05) is 20.3 Å². The largest absolute Gasteiger partial charge is 0.497 e. The Balaban J connectivity index is 1.87. The Hall–Kier alpha value is -1.89. The van der Waals surface area contributed by atoms with Crippen LogP contribution < -0.4 is 0 Å². The zero-order valence-corrected chi connectivity index (χ0v) is 13.0. The van der Waals surface area contributed by atoms with Crippen LogP contribution in [0, 0.1) is 0 Å². The molecule has 7 nitrogen and oxygen atoms in total. The fourth-order valence-corrected chi connectivity index (χ4v) is 3.21. The molecule has 2 aliphatic heterocycles. The molecule has 1 amide bonds. The number of nitrogens with zero attached hydrogens (tertiary/aromatic N) is 3. The van der Waals surface area contributed by atoms with Gasteiger partial charge < -0.3 is 14.4 Å². The van der Waals surface area contributed by atoms with Crippen molar-refractivity contribution in [3.8, 4) is 0 Å². The molecule has 0 aliphatic carbocycles. The first-order valence-corrected chi connectivity index (χ1v) is 7.78. The third kappa shape index (κ3) is 2.72. The van der Waals surface area contributed by atoms with Crippen molar-refractivity contribution in [2.45, 2.75) is 44.8 Å². The quantitative estimate of drug-likeness (QED) is 0.913. The lowest BCUT2D eigenvalue weighted by molar-refractivity contribution is -0.129. The predicted octanol–water partition coefficient (Wildman–Crippen LogP) is 1.57. The summed E-state index contributed by atoms with van der Waals surface area (Å²) in [6, 6.07) is -0.118. The van der Waals surface area contributed by atoms with Crippen LogP contribution in [0.15, 0.2) is 17.7 Å². The smallest absolute Gasteiger partial charge is 0.253 e. The third-order valence-electron chi connectivity index (χ3n) is 4.37. The first-order chi connectivity index (χ1) is 10.7. The molecular formula is C15H22N4O3. The number of likely N-dealkylation sites (tertiary alicyclic amines) is 1. The number of aromatic nitrogens is 3. The van der Waals surface area contributed by atoms with Gasteiger partial charge in [0.2, 0.25) is 0 Å². The molecule has 1 aromatic heterocycles. The minimum atomic E-state index is -0.118. The van der Waals surface area contributed by atoms with Crippen LogP contribution in [0.5, 0.6) is 0 Å². The normalized spacial score (nSPS) is 25.5. The number of hydrogen-bond donors (Lipinski definition) is 1.